The van der Waals surface area contributed by atoms with E-state index < -0.39 is 0 Å². The lowest BCUT2D eigenvalue weighted by Crippen LogP contribution is -2.43. The first-order valence-electron chi connectivity index (χ1n) is 8.38. The van der Waals surface area contributed by atoms with Crippen molar-refractivity contribution in [1.29, 1.82) is 0 Å². The van der Waals surface area contributed by atoms with Gasteiger partial charge in [-0.3, -0.25) is 9.59 Å². The molecule has 2 fully saturated rings. The van der Waals surface area contributed by atoms with Crippen LogP contribution in [0.4, 0.5) is 0 Å². The number of amides is 1. The monoisotopic (exact) mass is 304 g/mol. The van der Waals surface area contributed by atoms with Crippen molar-refractivity contribution in [3.8, 4) is 0 Å². The summed E-state index contributed by atoms with van der Waals surface area (Å²) in [5, 5.41) is 3.93. The maximum atomic E-state index is 12.7. The largest absolute Gasteiger partial charge is 0.360 e. The summed E-state index contributed by atoms with van der Waals surface area (Å²) < 4.78 is 5.24. The lowest BCUT2D eigenvalue weighted by atomic mass is 9.82. The lowest BCUT2D eigenvalue weighted by molar-refractivity contribution is -0.126. The Balaban J connectivity index is 1.76. The quantitative estimate of drug-likeness (QED) is 0.860. The summed E-state index contributed by atoms with van der Waals surface area (Å²) in [6.45, 7) is 4.74. The fourth-order valence-corrected chi connectivity index (χ4v) is 3.69. The molecule has 1 aromatic rings. The van der Waals surface area contributed by atoms with Crippen molar-refractivity contribution >= 4 is 11.7 Å². The summed E-state index contributed by atoms with van der Waals surface area (Å²) in [5.41, 5.74) is 0.374. The van der Waals surface area contributed by atoms with Gasteiger partial charge in [0, 0.05) is 36.9 Å². The van der Waals surface area contributed by atoms with Crippen LogP contribution in [0.25, 0.3) is 0 Å². The van der Waals surface area contributed by atoms with Crippen LogP contribution in [0.2, 0.25) is 0 Å². The average Bonchev–Trinajstić information content (AvgIpc) is 3.16. The Bertz CT molecular complexity index is 564. The molecule has 0 radical (unpaired) electrons. The van der Waals surface area contributed by atoms with Crippen molar-refractivity contribution in [2.45, 2.75) is 64.3 Å². The number of rotatable bonds is 3. The van der Waals surface area contributed by atoms with Gasteiger partial charge in [0.15, 0.2) is 5.69 Å². The van der Waals surface area contributed by atoms with Crippen LogP contribution in [0.1, 0.15) is 74.5 Å². The van der Waals surface area contributed by atoms with Crippen molar-refractivity contribution in [1.82, 2.24) is 10.1 Å². The minimum atomic E-state index is -0.0866. The van der Waals surface area contributed by atoms with Gasteiger partial charge in [0.2, 0.25) is 0 Å². The standard InChI is InChI=1S/C17H24N2O3/c1-11(2)16-10-13(18-22-16)17(21)19-9-5-7-14(19)12-6-3-4-8-15(12)20/h10-12,14H,3-9H2,1-2H3. The molecule has 3 rings (SSSR count). The molecule has 2 aliphatic rings. The van der Waals surface area contributed by atoms with Gasteiger partial charge in [-0.25, -0.2) is 0 Å². The molecule has 2 unspecified atom stereocenters. The van der Waals surface area contributed by atoms with Gasteiger partial charge in [0.05, 0.1) is 0 Å². The van der Waals surface area contributed by atoms with Crippen molar-refractivity contribution < 1.29 is 14.1 Å². The van der Waals surface area contributed by atoms with Gasteiger partial charge < -0.3 is 9.42 Å². The third-order valence-corrected chi connectivity index (χ3v) is 4.94. The number of nitrogens with zero attached hydrogens (tertiary/aromatic N) is 2. The molecule has 0 aromatic carbocycles. The molecule has 0 N–H and O–H groups in total. The predicted molar refractivity (Wildman–Crippen MR) is 81.6 cm³/mol. The third kappa shape index (κ3) is 2.81. The van der Waals surface area contributed by atoms with E-state index in [9.17, 15) is 9.59 Å². The van der Waals surface area contributed by atoms with E-state index >= 15 is 0 Å². The van der Waals surface area contributed by atoms with Gasteiger partial charge in [0.1, 0.15) is 11.5 Å². The van der Waals surface area contributed by atoms with Crippen LogP contribution in [0.5, 0.6) is 0 Å². The number of ketones is 1. The highest BCUT2D eigenvalue weighted by Gasteiger charge is 2.39. The van der Waals surface area contributed by atoms with Gasteiger partial charge in [-0.2, -0.15) is 0 Å². The van der Waals surface area contributed by atoms with Crippen LogP contribution in [0, 0.1) is 5.92 Å². The smallest absolute Gasteiger partial charge is 0.276 e. The molecule has 1 aliphatic carbocycles. The second-order valence-electron chi connectivity index (χ2n) is 6.80. The minimum Gasteiger partial charge on any atom is -0.360 e. The Hall–Kier alpha value is -1.65. The molecular formula is C17H24N2O3. The topological polar surface area (TPSA) is 63.4 Å². The molecule has 1 amide bonds. The minimum absolute atomic E-state index is 0.0247. The molecule has 1 saturated heterocycles. The van der Waals surface area contributed by atoms with Crippen LogP contribution in [-0.4, -0.2) is 34.3 Å². The van der Waals surface area contributed by atoms with Crippen molar-refractivity contribution in [2.24, 2.45) is 5.92 Å². The Morgan fingerprint density at radius 2 is 2.14 bits per heavy atom. The zero-order valence-electron chi connectivity index (χ0n) is 13.4. The zero-order chi connectivity index (χ0) is 15.7. The van der Waals surface area contributed by atoms with E-state index in [-0.39, 0.29) is 23.8 Å². The molecule has 1 aliphatic heterocycles. The summed E-state index contributed by atoms with van der Waals surface area (Å²) in [7, 11) is 0. The van der Waals surface area contributed by atoms with Crippen LogP contribution in [-0.2, 0) is 4.79 Å². The Kier molecular flexibility index (Phi) is 4.32. The van der Waals surface area contributed by atoms with Crippen molar-refractivity contribution in [3.63, 3.8) is 0 Å². The van der Waals surface area contributed by atoms with E-state index in [0.717, 1.165) is 44.4 Å². The van der Waals surface area contributed by atoms with Crippen molar-refractivity contribution in [2.75, 3.05) is 6.54 Å². The molecule has 2 atom stereocenters. The molecule has 120 valence electrons. The van der Waals surface area contributed by atoms with Crippen LogP contribution >= 0.6 is 0 Å². The van der Waals surface area contributed by atoms with E-state index in [0.29, 0.717) is 17.9 Å². The summed E-state index contributed by atoms with van der Waals surface area (Å²) in [6.07, 6.45) is 5.58. The molecule has 2 heterocycles. The zero-order valence-corrected chi connectivity index (χ0v) is 13.4. The fraction of sp³-hybridized carbons (Fsp3) is 0.706. The Morgan fingerprint density at radius 3 is 2.82 bits per heavy atom. The first-order valence-corrected chi connectivity index (χ1v) is 8.38. The molecule has 5 heteroatoms. The molecule has 0 spiro atoms. The summed E-state index contributed by atoms with van der Waals surface area (Å²) in [5.74, 6) is 1.21. The number of aromatic nitrogens is 1. The lowest BCUT2D eigenvalue weighted by Gasteiger charge is -2.32. The summed E-state index contributed by atoms with van der Waals surface area (Å²) >= 11 is 0. The van der Waals surface area contributed by atoms with Crippen molar-refractivity contribution in [3.05, 3.63) is 17.5 Å². The average molecular weight is 304 g/mol. The Labute approximate surface area is 131 Å². The number of carbonyl (C=O) groups is 2. The second-order valence-corrected chi connectivity index (χ2v) is 6.80. The highest BCUT2D eigenvalue weighted by Crippen LogP contribution is 2.33. The fourth-order valence-electron chi connectivity index (χ4n) is 3.69. The van der Waals surface area contributed by atoms with E-state index in [1.165, 1.54) is 0 Å². The number of hydrogen-bond acceptors (Lipinski definition) is 4. The molecule has 1 saturated carbocycles. The van der Waals surface area contributed by atoms with Crippen LogP contribution in [0.15, 0.2) is 10.6 Å². The summed E-state index contributed by atoms with van der Waals surface area (Å²) in [6, 6.07) is 1.80. The van der Waals surface area contributed by atoms with Gasteiger partial charge in [-0.05, 0) is 25.7 Å². The normalized spacial score (nSPS) is 26.0. The first-order chi connectivity index (χ1) is 10.6. The molecule has 22 heavy (non-hydrogen) atoms. The first kappa shape index (κ1) is 15.3. The van der Waals surface area contributed by atoms with Gasteiger partial charge >= 0.3 is 0 Å². The molecule has 5 nitrogen and oxygen atoms in total. The van der Waals surface area contributed by atoms with Crippen LogP contribution in [0.3, 0.4) is 0 Å². The third-order valence-electron chi connectivity index (χ3n) is 4.94. The molecule has 1 aromatic heterocycles. The summed E-state index contributed by atoms with van der Waals surface area (Å²) in [4.78, 5) is 26.8. The number of carbonyl (C=O) groups excluding carboxylic acids is 2. The highest BCUT2D eigenvalue weighted by molar-refractivity contribution is 5.93. The van der Waals surface area contributed by atoms with Gasteiger partial charge in [-0.15, -0.1) is 0 Å². The maximum absolute atomic E-state index is 12.7. The number of hydrogen-bond donors (Lipinski definition) is 0. The highest BCUT2D eigenvalue weighted by atomic mass is 16.5. The Morgan fingerprint density at radius 1 is 1.32 bits per heavy atom. The van der Waals surface area contributed by atoms with E-state index in [1.807, 2.05) is 18.7 Å². The molecule has 0 bridgehead atoms. The number of likely N-dealkylation sites (tertiary alicyclic amines) is 1. The van der Waals surface area contributed by atoms with Crippen LogP contribution < -0.4 is 0 Å². The second kappa shape index (κ2) is 6.23. The SMILES string of the molecule is CC(C)c1cc(C(=O)N2CCCC2C2CCCCC2=O)no1. The maximum Gasteiger partial charge on any atom is 0.276 e. The number of Topliss-reactive ketones (excluding diaryl/α,β-unsaturated/α-hetero) is 1. The van der Waals surface area contributed by atoms with Gasteiger partial charge in [0.25, 0.3) is 5.91 Å². The predicted octanol–water partition coefficient (Wildman–Crippen LogP) is 3.16. The molecular weight excluding hydrogens is 280 g/mol. The van der Waals surface area contributed by atoms with E-state index in [2.05, 4.69) is 5.16 Å². The van der Waals surface area contributed by atoms with E-state index in [4.69, 9.17) is 4.52 Å². The van der Waals surface area contributed by atoms with Gasteiger partial charge in [-0.1, -0.05) is 25.4 Å². The van der Waals surface area contributed by atoms with E-state index in [1.54, 1.807) is 6.07 Å².